The van der Waals surface area contributed by atoms with Crippen molar-refractivity contribution in [2.75, 3.05) is 6.61 Å². The average Bonchev–Trinajstić information content (AvgIpc) is 2.74. The molecule has 0 spiro atoms. The number of carbonyl (C=O) groups is 3. The molecule has 0 aliphatic heterocycles. The quantitative estimate of drug-likeness (QED) is 0.0795. The summed E-state index contributed by atoms with van der Waals surface area (Å²) in [7, 11) is 0. The van der Waals surface area contributed by atoms with E-state index < -0.39 is 18.0 Å². The third-order valence-electron chi connectivity index (χ3n) is 3.71. The maximum atomic E-state index is 12.3. The zero-order valence-corrected chi connectivity index (χ0v) is 18.9. The summed E-state index contributed by atoms with van der Waals surface area (Å²) in [5.74, 6) is -1.39. The van der Waals surface area contributed by atoms with Gasteiger partial charge in [0.2, 0.25) is 5.78 Å². The van der Waals surface area contributed by atoms with Gasteiger partial charge in [0.1, 0.15) is 12.3 Å². The summed E-state index contributed by atoms with van der Waals surface area (Å²) in [6.07, 6.45) is 5.16. The molecule has 0 heterocycles. The number of oxime groups is 1. The molecule has 0 fully saturated rings. The molecule has 31 heavy (non-hydrogen) atoms. The molecule has 1 atom stereocenters. The fraction of sp³-hybridized carbons (Fsp3) is 0.304. The Hall–Kier alpha value is -2.97. The number of hydrogen-bond acceptors (Lipinski definition) is 8. The highest BCUT2D eigenvalue weighted by atomic mass is 32.2. The maximum absolute atomic E-state index is 12.3. The second kappa shape index (κ2) is 13.4. The highest BCUT2D eigenvalue weighted by Gasteiger charge is 2.11. The summed E-state index contributed by atoms with van der Waals surface area (Å²) in [6, 6.07) is 6.92. The Kier molecular flexibility index (Phi) is 11.2. The molecule has 8 heteroatoms. The first-order chi connectivity index (χ1) is 14.6. The normalized spacial score (nSPS) is 13.4. The molecule has 1 aromatic carbocycles. The minimum Gasteiger partial charge on any atom is -0.460 e. The number of hydrogen-bond donors (Lipinski definition) is 1. The van der Waals surface area contributed by atoms with Crippen LogP contribution in [0, 0.1) is 0 Å². The van der Waals surface area contributed by atoms with Gasteiger partial charge in [-0.15, -0.1) is 0 Å². The number of aliphatic hydroxyl groups excluding tert-OH is 1. The molecule has 1 N–H and O–H groups in total. The van der Waals surface area contributed by atoms with Crippen LogP contribution in [0.15, 0.2) is 69.6 Å². The average molecular weight is 446 g/mol. The standard InChI is InChI=1S/C23H27NO6S/c1-6-20(9-7-8-15(2)23(28)29-14-16(3)25)31-21-12-10-19(11-13-21)22(27)17(4)24-30-18(5)26/h6,8-13,16,25H,1,7,14H2,2-5H3/b15-8+,20-9+,24-17+. The van der Waals surface area contributed by atoms with Crippen LogP contribution < -0.4 is 0 Å². The van der Waals surface area contributed by atoms with Crippen molar-refractivity contribution in [3.63, 3.8) is 0 Å². The lowest BCUT2D eigenvalue weighted by Crippen LogP contribution is -2.15. The number of allylic oxidation sites excluding steroid dienone is 3. The second-order valence-corrected chi connectivity index (χ2v) is 7.74. The molecule has 0 aliphatic rings. The number of aliphatic hydroxyl groups is 1. The Morgan fingerprint density at radius 3 is 2.35 bits per heavy atom. The number of nitrogens with zero attached hydrogens (tertiary/aromatic N) is 1. The lowest BCUT2D eigenvalue weighted by Gasteiger charge is -2.06. The molecule has 1 aromatic rings. The predicted molar refractivity (Wildman–Crippen MR) is 121 cm³/mol. The molecular formula is C23H27NO6S. The summed E-state index contributed by atoms with van der Waals surface area (Å²) in [5, 5.41) is 12.7. The van der Waals surface area contributed by atoms with E-state index in [1.54, 1.807) is 50.3 Å². The zero-order valence-electron chi connectivity index (χ0n) is 18.1. The Labute approximate surface area is 186 Å². The van der Waals surface area contributed by atoms with Crippen LogP contribution in [0.2, 0.25) is 0 Å². The van der Waals surface area contributed by atoms with Gasteiger partial charge in [-0.25, -0.2) is 9.59 Å². The Morgan fingerprint density at radius 1 is 1.16 bits per heavy atom. The second-order valence-electron chi connectivity index (χ2n) is 6.60. The van der Waals surface area contributed by atoms with E-state index in [-0.39, 0.29) is 18.1 Å². The van der Waals surface area contributed by atoms with E-state index in [4.69, 9.17) is 9.84 Å². The monoisotopic (exact) mass is 445 g/mol. The van der Waals surface area contributed by atoms with Crippen molar-refractivity contribution in [2.45, 2.75) is 45.1 Å². The molecule has 1 unspecified atom stereocenters. The number of esters is 1. The smallest absolute Gasteiger partial charge is 0.333 e. The molecule has 0 amide bonds. The number of ketones is 1. The van der Waals surface area contributed by atoms with Crippen LogP contribution in [-0.4, -0.2) is 41.3 Å². The molecule has 0 saturated carbocycles. The molecule has 0 aliphatic carbocycles. The lowest BCUT2D eigenvalue weighted by atomic mass is 10.1. The van der Waals surface area contributed by atoms with Crippen molar-refractivity contribution >= 4 is 35.2 Å². The highest BCUT2D eigenvalue weighted by molar-refractivity contribution is 8.03. The number of ether oxygens (including phenoxy) is 1. The Balaban J connectivity index is 2.73. The van der Waals surface area contributed by atoms with Gasteiger partial charge < -0.3 is 14.7 Å². The molecule has 0 bridgehead atoms. The van der Waals surface area contributed by atoms with Gasteiger partial charge in [0.15, 0.2) is 0 Å². The number of Topliss-reactive ketones (excluding diaryl/α,β-unsaturated/α-hetero) is 1. The summed E-state index contributed by atoms with van der Waals surface area (Å²) in [4.78, 5) is 41.1. The summed E-state index contributed by atoms with van der Waals surface area (Å²) in [5.41, 5.74) is 0.964. The van der Waals surface area contributed by atoms with Crippen LogP contribution >= 0.6 is 11.8 Å². The van der Waals surface area contributed by atoms with Crippen LogP contribution in [0.5, 0.6) is 0 Å². The van der Waals surface area contributed by atoms with Crippen molar-refractivity contribution in [3.05, 3.63) is 65.1 Å². The summed E-state index contributed by atoms with van der Waals surface area (Å²) >= 11 is 1.46. The number of benzene rings is 1. The van der Waals surface area contributed by atoms with Crippen LogP contribution in [0.25, 0.3) is 0 Å². The van der Waals surface area contributed by atoms with Gasteiger partial charge in [0.25, 0.3) is 0 Å². The molecule has 0 saturated heterocycles. The topological polar surface area (TPSA) is 102 Å². The van der Waals surface area contributed by atoms with E-state index in [0.717, 1.165) is 9.80 Å². The van der Waals surface area contributed by atoms with Crippen LogP contribution in [0.3, 0.4) is 0 Å². The van der Waals surface area contributed by atoms with E-state index in [2.05, 4.69) is 16.6 Å². The van der Waals surface area contributed by atoms with Crippen LogP contribution in [0.1, 0.15) is 44.5 Å². The van der Waals surface area contributed by atoms with Gasteiger partial charge >= 0.3 is 11.9 Å². The van der Waals surface area contributed by atoms with Crippen molar-refractivity contribution in [2.24, 2.45) is 5.16 Å². The third-order valence-corrected chi connectivity index (χ3v) is 4.79. The lowest BCUT2D eigenvalue weighted by molar-refractivity contribution is -0.142. The van der Waals surface area contributed by atoms with Gasteiger partial charge in [-0.05, 0) is 51.5 Å². The van der Waals surface area contributed by atoms with E-state index >= 15 is 0 Å². The van der Waals surface area contributed by atoms with E-state index in [9.17, 15) is 14.4 Å². The minimum absolute atomic E-state index is 0.0404. The SMILES string of the molecule is C=C/C(=C\C/C=C(\C)C(=O)OCC(C)O)Sc1ccc(C(=O)/C(C)=N/OC(C)=O)cc1. The predicted octanol–water partition coefficient (Wildman–Crippen LogP) is 4.23. The molecule has 7 nitrogen and oxygen atoms in total. The summed E-state index contributed by atoms with van der Waals surface area (Å²) in [6.45, 7) is 9.64. The van der Waals surface area contributed by atoms with Crippen molar-refractivity contribution in [1.82, 2.24) is 0 Å². The van der Waals surface area contributed by atoms with Crippen molar-refractivity contribution < 1.29 is 29.1 Å². The van der Waals surface area contributed by atoms with Gasteiger partial charge in [-0.2, -0.15) is 0 Å². The minimum atomic E-state index is -0.702. The first-order valence-electron chi connectivity index (χ1n) is 9.53. The number of thioether (sulfide) groups is 1. The van der Waals surface area contributed by atoms with Crippen molar-refractivity contribution in [3.8, 4) is 0 Å². The fourth-order valence-corrected chi connectivity index (χ4v) is 2.91. The molecule has 0 radical (unpaired) electrons. The van der Waals surface area contributed by atoms with Crippen molar-refractivity contribution in [1.29, 1.82) is 0 Å². The van der Waals surface area contributed by atoms with E-state index in [1.165, 1.54) is 25.6 Å². The third kappa shape index (κ3) is 10.1. The van der Waals surface area contributed by atoms with E-state index in [1.807, 2.05) is 6.08 Å². The maximum Gasteiger partial charge on any atom is 0.333 e. The van der Waals surface area contributed by atoms with Gasteiger partial charge in [0.05, 0.1) is 6.10 Å². The first-order valence-corrected chi connectivity index (χ1v) is 10.3. The number of rotatable bonds is 11. The zero-order chi connectivity index (χ0) is 23.4. The van der Waals surface area contributed by atoms with Gasteiger partial charge in [0, 0.05) is 27.9 Å². The van der Waals surface area contributed by atoms with Gasteiger partial charge in [-0.3, -0.25) is 4.79 Å². The number of carbonyl (C=O) groups excluding carboxylic acids is 3. The Morgan fingerprint density at radius 2 is 1.81 bits per heavy atom. The molecule has 1 rings (SSSR count). The fourth-order valence-electron chi connectivity index (χ4n) is 2.11. The largest absolute Gasteiger partial charge is 0.460 e. The van der Waals surface area contributed by atoms with Crippen LogP contribution in [0.4, 0.5) is 0 Å². The van der Waals surface area contributed by atoms with Gasteiger partial charge in [-0.1, -0.05) is 41.7 Å². The Bertz CT molecular complexity index is 897. The summed E-state index contributed by atoms with van der Waals surface area (Å²) < 4.78 is 4.96. The van der Waals surface area contributed by atoms with Crippen LogP contribution in [-0.2, 0) is 19.2 Å². The van der Waals surface area contributed by atoms with E-state index in [0.29, 0.717) is 17.6 Å². The molecule has 0 aromatic heterocycles. The first kappa shape index (κ1) is 26.1. The highest BCUT2D eigenvalue weighted by Crippen LogP contribution is 2.28. The molecule has 166 valence electrons. The molecular weight excluding hydrogens is 418 g/mol.